The molecule has 1 aromatic rings. The summed E-state index contributed by atoms with van der Waals surface area (Å²) in [5.41, 5.74) is 0.880. The Morgan fingerprint density at radius 2 is 1.91 bits per heavy atom. The van der Waals surface area contributed by atoms with Gasteiger partial charge in [0.05, 0.1) is 5.69 Å². The van der Waals surface area contributed by atoms with Gasteiger partial charge in [-0.2, -0.15) is 10.2 Å². The molecule has 11 heavy (non-hydrogen) atoms. The quantitative estimate of drug-likeness (QED) is 0.572. The number of benzene rings is 1. The maximum atomic E-state index is 3.93. The summed E-state index contributed by atoms with van der Waals surface area (Å²) in [6.07, 6.45) is 3.50. The molecule has 0 N–H and O–H groups in total. The normalized spacial score (nSPS) is 11.4. The highest BCUT2D eigenvalue weighted by Crippen LogP contribution is 2.09. The van der Waals surface area contributed by atoms with Gasteiger partial charge in [0, 0.05) is 6.20 Å². The van der Waals surface area contributed by atoms with Gasteiger partial charge in [-0.05, 0) is 19.1 Å². The Morgan fingerprint density at radius 3 is 2.55 bits per heavy atom. The molecule has 0 unspecified atom stereocenters. The summed E-state index contributed by atoms with van der Waals surface area (Å²) in [5, 5.41) is 7.74. The summed E-state index contributed by atoms with van der Waals surface area (Å²) >= 11 is 0. The van der Waals surface area contributed by atoms with Crippen LogP contribution in [-0.2, 0) is 0 Å². The first-order valence-corrected chi connectivity index (χ1v) is 3.50. The second kappa shape index (κ2) is 4.39. The smallest absolute Gasteiger partial charge is 0.0856 e. The van der Waals surface area contributed by atoms with Crippen LogP contribution in [0.25, 0.3) is 0 Å². The lowest BCUT2D eigenvalue weighted by Gasteiger charge is -1.86. The van der Waals surface area contributed by atoms with Gasteiger partial charge in [-0.25, -0.2) is 0 Å². The molecule has 2 nitrogen and oxygen atoms in total. The summed E-state index contributed by atoms with van der Waals surface area (Å²) in [7, 11) is 0. The third-order valence-corrected chi connectivity index (χ3v) is 1.15. The van der Waals surface area contributed by atoms with Gasteiger partial charge in [0.2, 0.25) is 0 Å². The molecule has 0 aliphatic rings. The van der Waals surface area contributed by atoms with Crippen molar-refractivity contribution in [2.24, 2.45) is 10.2 Å². The highest BCUT2D eigenvalue weighted by molar-refractivity contribution is 5.34. The lowest BCUT2D eigenvalue weighted by Crippen LogP contribution is -1.58. The van der Waals surface area contributed by atoms with E-state index in [2.05, 4.69) is 10.2 Å². The third-order valence-electron chi connectivity index (χ3n) is 1.15. The molecule has 0 radical (unpaired) electrons. The Hall–Kier alpha value is -1.44. The fraction of sp³-hybridized carbons (Fsp3) is 0.111. The largest absolute Gasteiger partial charge is 0.159 e. The molecule has 0 saturated heterocycles. The number of allylic oxidation sites excluding steroid dienone is 1. The summed E-state index contributed by atoms with van der Waals surface area (Å²) in [6.45, 7) is 1.91. The van der Waals surface area contributed by atoms with E-state index in [0.29, 0.717) is 0 Å². The fourth-order valence-corrected chi connectivity index (χ4v) is 0.661. The summed E-state index contributed by atoms with van der Waals surface area (Å²) < 4.78 is 0. The molecule has 0 bridgehead atoms. The van der Waals surface area contributed by atoms with Crippen molar-refractivity contribution in [3.8, 4) is 0 Å². The molecule has 0 amide bonds. The highest BCUT2D eigenvalue weighted by Gasteiger charge is 1.80. The minimum atomic E-state index is 0.880. The monoisotopic (exact) mass is 146 g/mol. The number of nitrogens with zero attached hydrogens (tertiary/aromatic N) is 2. The van der Waals surface area contributed by atoms with Crippen molar-refractivity contribution >= 4 is 5.69 Å². The maximum Gasteiger partial charge on any atom is 0.0856 e. The van der Waals surface area contributed by atoms with E-state index in [4.69, 9.17) is 0 Å². The molecule has 0 atom stereocenters. The number of rotatable bonds is 2. The number of hydrogen-bond donors (Lipinski definition) is 0. The van der Waals surface area contributed by atoms with Gasteiger partial charge in [0.15, 0.2) is 0 Å². The molecular formula is C9H10N2. The molecule has 2 heteroatoms. The summed E-state index contributed by atoms with van der Waals surface area (Å²) in [4.78, 5) is 0. The highest BCUT2D eigenvalue weighted by atomic mass is 15.1. The van der Waals surface area contributed by atoms with Gasteiger partial charge in [-0.1, -0.05) is 24.3 Å². The average molecular weight is 146 g/mol. The minimum absolute atomic E-state index is 0.880. The Labute approximate surface area is 66.3 Å². The van der Waals surface area contributed by atoms with Gasteiger partial charge in [0.1, 0.15) is 0 Å². The van der Waals surface area contributed by atoms with Crippen molar-refractivity contribution in [2.45, 2.75) is 6.92 Å². The van der Waals surface area contributed by atoms with Crippen LogP contribution in [0.5, 0.6) is 0 Å². The summed E-state index contributed by atoms with van der Waals surface area (Å²) in [6, 6.07) is 9.64. The number of azo groups is 1. The van der Waals surface area contributed by atoms with Crippen LogP contribution in [0.4, 0.5) is 5.69 Å². The molecule has 1 rings (SSSR count). The molecule has 0 aliphatic heterocycles. The van der Waals surface area contributed by atoms with Gasteiger partial charge in [0.25, 0.3) is 0 Å². The second-order valence-electron chi connectivity index (χ2n) is 2.03. The Morgan fingerprint density at radius 1 is 1.18 bits per heavy atom. The SMILES string of the molecule is C/C=C/N=Nc1ccccc1. The lowest BCUT2D eigenvalue weighted by atomic mass is 10.3. The van der Waals surface area contributed by atoms with Crippen molar-refractivity contribution in [3.63, 3.8) is 0 Å². The fourth-order valence-electron chi connectivity index (χ4n) is 0.661. The van der Waals surface area contributed by atoms with Crippen LogP contribution >= 0.6 is 0 Å². The molecule has 0 spiro atoms. The van der Waals surface area contributed by atoms with E-state index < -0.39 is 0 Å². The van der Waals surface area contributed by atoms with Gasteiger partial charge in [-0.3, -0.25) is 0 Å². The zero-order valence-corrected chi connectivity index (χ0v) is 6.44. The van der Waals surface area contributed by atoms with E-state index in [-0.39, 0.29) is 0 Å². The van der Waals surface area contributed by atoms with Gasteiger partial charge in [-0.15, -0.1) is 0 Å². The van der Waals surface area contributed by atoms with E-state index >= 15 is 0 Å². The third kappa shape index (κ3) is 2.76. The predicted molar refractivity (Wildman–Crippen MR) is 45.8 cm³/mol. The van der Waals surface area contributed by atoms with Crippen molar-refractivity contribution < 1.29 is 0 Å². The van der Waals surface area contributed by atoms with Crippen molar-refractivity contribution in [2.75, 3.05) is 0 Å². The first-order chi connectivity index (χ1) is 5.43. The maximum absolute atomic E-state index is 3.93. The standard InChI is InChI=1S/C9H10N2/c1-2-8-10-11-9-6-4-3-5-7-9/h2-8H,1H3/b8-2+,11-10?. The second-order valence-corrected chi connectivity index (χ2v) is 2.03. The van der Waals surface area contributed by atoms with Gasteiger partial charge < -0.3 is 0 Å². The van der Waals surface area contributed by atoms with E-state index in [9.17, 15) is 0 Å². The van der Waals surface area contributed by atoms with Crippen LogP contribution in [0.3, 0.4) is 0 Å². The molecule has 0 aliphatic carbocycles. The van der Waals surface area contributed by atoms with Crippen LogP contribution < -0.4 is 0 Å². The van der Waals surface area contributed by atoms with E-state index in [0.717, 1.165) is 5.69 Å². The molecule has 0 aromatic heterocycles. The number of hydrogen-bond acceptors (Lipinski definition) is 2. The van der Waals surface area contributed by atoms with E-state index in [1.807, 2.05) is 43.3 Å². The molecule has 56 valence electrons. The Kier molecular flexibility index (Phi) is 3.06. The summed E-state index contributed by atoms with van der Waals surface area (Å²) in [5.74, 6) is 0. The molecule has 0 fully saturated rings. The van der Waals surface area contributed by atoms with Crippen molar-refractivity contribution in [3.05, 3.63) is 42.6 Å². The van der Waals surface area contributed by atoms with Crippen LogP contribution in [0.2, 0.25) is 0 Å². The van der Waals surface area contributed by atoms with Crippen molar-refractivity contribution in [1.29, 1.82) is 0 Å². The van der Waals surface area contributed by atoms with Crippen LogP contribution in [-0.4, -0.2) is 0 Å². The molecular weight excluding hydrogens is 136 g/mol. The first kappa shape index (κ1) is 7.66. The topological polar surface area (TPSA) is 24.7 Å². The van der Waals surface area contributed by atoms with Crippen LogP contribution in [0, 0.1) is 0 Å². The van der Waals surface area contributed by atoms with Crippen molar-refractivity contribution in [1.82, 2.24) is 0 Å². The first-order valence-electron chi connectivity index (χ1n) is 3.50. The van der Waals surface area contributed by atoms with E-state index in [1.54, 1.807) is 6.20 Å². The van der Waals surface area contributed by atoms with Gasteiger partial charge >= 0.3 is 0 Å². The molecule has 1 aromatic carbocycles. The molecule has 0 saturated carbocycles. The Bertz CT molecular complexity index is 250. The molecule has 0 heterocycles. The zero-order valence-electron chi connectivity index (χ0n) is 6.44. The van der Waals surface area contributed by atoms with E-state index in [1.165, 1.54) is 0 Å². The lowest BCUT2D eigenvalue weighted by molar-refractivity contribution is 1.22. The van der Waals surface area contributed by atoms with Crippen LogP contribution in [0.1, 0.15) is 6.92 Å². The van der Waals surface area contributed by atoms with Crippen LogP contribution in [0.15, 0.2) is 52.8 Å². The predicted octanol–water partition coefficient (Wildman–Crippen LogP) is 3.30. The minimum Gasteiger partial charge on any atom is -0.159 e. The Balaban J connectivity index is 2.64. The zero-order chi connectivity index (χ0) is 7.94. The average Bonchev–Trinajstić information content (AvgIpc) is 2.07.